The summed E-state index contributed by atoms with van der Waals surface area (Å²) < 4.78 is 0. The summed E-state index contributed by atoms with van der Waals surface area (Å²) >= 11 is 0. The van der Waals surface area contributed by atoms with E-state index in [1.165, 1.54) is 4.90 Å². The summed E-state index contributed by atoms with van der Waals surface area (Å²) in [5.41, 5.74) is 7.79. The number of rotatable bonds is 2. The third-order valence-corrected chi connectivity index (χ3v) is 3.09. The maximum absolute atomic E-state index is 10.8. The van der Waals surface area contributed by atoms with Gasteiger partial charge in [0.05, 0.1) is 0 Å². The SMILES string of the molecule is NCc1ccc(N2CCN(C(=O)O)CC2)cc1. The van der Waals surface area contributed by atoms with E-state index < -0.39 is 6.09 Å². The van der Waals surface area contributed by atoms with Crippen LogP contribution in [0.3, 0.4) is 0 Å². The Kier molecular flexibility index (Phi) is 3.49. The first kappa shape index (κ1) is 11.7. The van der Waals surface area contributed by atoms with E-state index in [0.717, 1.165) is 24.3 Å². The van der Waals surface area contributed by atoms with Crippen molar-refractivity contribution in [1.29, 1.82) is 0 Å². The van der Waals surface area contributed by atoms with Crippen molar-refractivity contribution in [3.63, 3.8) is 0 Å². The van der Waals surface area contributed by atoms with Gasteiger partial charge in [0, 0.05) is 38.4 Å². The standard InChI is InChI=1S/C12H17N3O2/c13-9-10-1-3-11(4-2-10)14-5-7-15(8-6-14)12(16)17/h1-4H,5-9,13H2,(H,16,17). The molecule has 1 saturated heterocycles. The molecule has 0 radical (unpaired) electrons. The average molecular weight is 235 g/mol. The lowest BCUT2D eigenvalue weighted by Crippen LogP contribution is -2.48. The van der Waals surface area contributed by atoms with Crippen LogP contribution >= 0.6 is 0 Å². The Hall–Kier alpha value is -1.75. The van der Waals surface area contributed by atoms with Crippen LogP contribution in [0.1, 0.15) is 5.56 Å². The van der Waals surface area contributed by atoms with E-state index in [1.54, 1.807) is 0 Å². The van der Waals surface area contributed by atoms with Gasteiger partial charge in [0.2, 0.25) is 0 Å². The summed E-state index contributed by atoms with van der Waals surface area (Å²) in [6, 6.07) is 8.11. The predicted molar refractivity (Wildman–Crippen MR) is 66.1 cm³/mol. The van der Waals surface area contributed by atoms with Gasteiger partial charge in [-0.15, -0.1) is 0 Å². The second-order valence-corrected chi connectivity index (χ2v) is 4.13. The van der Waals surface area contributed by atoms with Crippen molar-refractivity contribution >= 4 is 11.8 Å². The van der Waals surface area contributed by atoms with Crippen molar-refractivity contribution in [2.24, 2.45) is 5.73 Å². The highest BCUT2D eigenvalue weighted by Crippen LogP contribution is 2.17. The highest BCUT2D eigenvalue weighted by atomic mass is 16.4. The lowest BCUT2D eigenvalue weighted by molar-refractivity contribution is 0.142. The van der Waals surface area contributed by atoms with Crippen molar-refractivity contribution in [3.8, 4) is 0 Å². The van der Waals surface area contributed by atoms with Crippen LogP contribution in [0.5, 0.6) is 0 Å². The number of carboxylic acid groups (broad SMARTS) is 1. The van der Waals surface area contributed by atoms with Crippen LogP contribution < -0.4 is 10.6 Å². The van der Waals surface area contributed by atoms with Gasteiger partial charge in [0.25, 0.3) is 0 Å². The van der Waals surface area contributed by atoms with Crippen LogP contribution in [-0.4, -0.2) is 42.3 Å². The Morgan fingerprint density at radius 2 is 1.76 bits per heavy atom. The molecule has 0 atom stereocenters. The van der Waals surface area contributed by atoms with Gasteiger partial charge in [-0.2, -0.15) is 0 Å². The molecule has 1 amide bonds. The van der Waals surface area contributed by atoms with E-state index in [9.17, 15) is 4.79 Å². The molecule has 0 spiro atoms. The smallest absolute Gasteiger partial charge is 0.407 e. The van der Waals surface area contributed by atoms with E-state index in [2.05, 4.69) is 4.90 Å². The minimum Gasteiger partial charge on any atom is -0.465 e. The Balaban J connectivity index is 1.97. The van der Waals surface area contributed by atoms with Gasteiger partial charge in [-0.05, 0) is 17.7 Å². The van der Waals surface area contributed by atoms with Gasteiger partial charge in [0.15, 0.2) is 0 Å². The molecule has 2 rings (SSSR count). The second-order valence-electron chi connectivity index (χ2n) is 4.13. The molecule has 0 aliphatic carbocycles. The second kappa shape index (κ2) is 5.05. The number of hydrogen-bond acceptors (Lipinski definition) is 3. The summed E-state index contributed by atoms with van der Waals surface area (Å²) in [5, 5.41) is 8.86. The molecule has 1 heterocycles. The molecule has 3 N–H and O–H groups in total. The zero-order valence-electron chi connectivity index (χ0n) is 9.67. The quantitative estimate of drug-likeness (QED) is 0.800. The van der Waals surface area contributed by atoms with Gasteiger partial charge in [-0.25, -0.2) is 4.79 Å². The third-order valence-electron chi connectivity index (χ3n) is 3.09. The topological polar surface area (TPSA) is 69.8 Å². The predicted octanol–water partition coefficient (Wildman–Crippen LogP) is 0.945. The monoisotopic (exact) mass is 235 g/mol. The Morgan fingerprint density at radius 3 is 2.24 bits per heavy atom. The minimum absolute atomic E-state index is 0.549. The van der Waals surface area contributed by atoms with Gasteiger partial charge in [0.1, 0.15) is 0 Å². The first-order valence-electron chi connectivity index (χ1n) is 5.72. The number of carbonyl (C=O) groups is 1. The molecular formula is C12H17N3O2. The Labute approximate surface area is 100 Å². The lowest BCUT2D eigenvalue weighted by Gasteiger charge is -2.34. The van der Waals surface area contributed by atoms with Crippen LogP contribution in [0.25, 0.3) is 0 Å². The van der Waals surface area contributed by atoms with Gasteiger partial charge >= 0.3 is 6.09 Å². The zero-order chi connectivity index (χ0) is 12.3. The van der Waals surface area contributed by atoms with Crippen molar-refractivity contribution < 1.29 is 9.90 Å². The minimum atomic E-state index is -0.830. The van der Waals surface area contributed by atoms with Crippen LogP contribution in [0.2, 0.25) is 0 Å². The molecule has 5 nitrogen and oxygen atoms in total. The van der Waals surface area contributed by atoms with E-state index in [4.69, 9.17) is 10.8 Å². The highest BCUT2D eigenvalue weighted by molar-refractivity contribution is 5.65. The molecule has 5 heteroatoms. The summed E-state index contributed by atoms with van der Waals surface area (Å²) in [5.74, 6) is 0. The molecule has 0 aromatic heterocycles. The molecule has 1 aromatic carbocycles. The largest absolute Gasteiger partial charge is 0.465 e. The number of benzene rings is 1. The molecule has 92 valence electrons. The molecule has 0 saturated carbocycles. The molecule has 0 bridgehead atoms. The van der Waals surface area contributed by atoms with Crippen LogP contribution in [0, 0.1) is 0 Å². The fourth-order valence-electron chi connectivity index (χ4n) is 2.00. The van der Waals surface area contributed by atoms with Crippen LogP contribution in [-0.2, 0) is 6.54 Å². The summed E-state index contributed by atoms with van der Waals surface area (Å²) in [6.07, 6.45) is -0.830. The molecule has 1 aliphatic rings. The summed E-state index contributed by atoms with van der Waals surface area (Å²) in [4.78, 5) is 14.4. The summed E-state index contributed by atoms with van der Waals surface area (Å²) in [6.45, 7) is 3.16. The Morgan fingerprint density at radius 1 is 1.18 bits per heavy atom. The number of hydrogen-bond donors (Lipinski definition) is 2. The zero-order valence-corrected chi connectivity index (χ0v) is 9.67. The van der Waals surface area contributed by atoms with Crippen molar-refractivity contribution in [2.45, 2.75) is 6.54 Å². The van der Waals surface area contributed by atoms with E-state index in [0.29, 0.717) is 19.6 Å². The molecule has 0 unspecified atom stereocenters. The first-order valence-corrected chi connectivity index (χ1v) is 5.72. The first-order chi connectivity index (χ1) is 8.20. The number of nitrogens with two attached hydrogens (primary N) is 1. The van der Waals surface area contributed by atoms with Crippen LogP contribution in [0.15, 0.2) is 24.3 Å². The van der Waals surface area contributed by atoms with E-state index in [-0.39, 0.29) is 0 Å². The fourth-order valence-corrected chi connectivity index (χ4v) is 2.00. The van der Waals surface area contributed by atoms with Gasteiger partial charge in [-0.3, -0.25) is 0 Å². The molecule has 1 aliphatic heterocycles. The lowest BCUT2D eigenvalue weighted by atomic mass is 10.2. The maximum atomic E-state index is 10.8. The number of nitrogens with zero attached hydrogens (tertiary/aromatic N) is 2. The number of piperazine rings is 1. The van der Waals surface area contributed by atoms with Crippen molar-refractivity contribution in [2.75, 3.05) is 31.1 Å². The highest BCUT2D eigenvalue weighted by Gasteiger charge is 2.20. The fraction of sp³-hybridized carbons (Fsp3) is 0.417. The average Bonchev–Trinajstić information content (AvgIpc) is 2.39. The van der Waals surface area contributed by atoms with Crippen LogP contribution in [0.4, 0.5) is 10.5 Å². The molecule has 1 aromatic rings. The third kappa shape index (κ3) is 2.68. The van der Waals surface area contributed by atoms with Crippen molar-refractivity contribution in [1.82, 2.24) is 4.90 Å². The maximum Gasteiger partial charge on any atom is 0.407 e. The number of amides is 1. The number of anilines is 1. The van der Waals surface area contributed by atoms with Gasteiger partial charge < -0.3 is 20.6 Å². The molecular weight excluding hydrogens is 218 g/mol. The normalized spacial score (nSPS) is 16.1. The van der Waals surface area contributed by atoms with E-state index in [1.807, 2.05) is 24.3 Å². The van der Waals surface area contributed by atoms with Crippen molar-refractivity contribution in [3.05, 3.63) is 29.8 Å². The van der Waals surface area contributed by atoms with Gasteiger partial charge in [-0.1, -0.05) is 12.1 Å². The molecule has 1 fully saturated rings. The molecule has 17 heavy (non-hydrogen) atoms. The van der Waals surface area contributed by atoms with E-state index >= 15 is 0 Å². The summed E-state index contributed by atoms with van der Waals surface area (Å²) in [7, 11) is 0. The Bertz CT molecular complexity index is 383.